The van der Waals surface area contributed by atoms with E-state index < -0.39 is 6.04 Å². The second-order valence-corrected chi connectivity index (χ2v) is 9.08. The molecule has 1 heterocycles. The van der Waals surface area contributed by atoms with Crippen LogP contribution in [0.3, 0.4) is 0 Å². The number of allylic oxidation sites excluding steroid dienone is 1. The van der Waals surface area contributed by atoms with Crippen molar-refractivity contribution < 1.29 is 4.79 Å². The number of rotatable bonds is 2. The summed E-state index contributed by atoms with van der Waals surface area (Å²) < 4.78 is 0. The Labute approximate surface area is 196 Å². The summed E-state index contributed by atoms with van der Waals surface area (Å²) in [5.41, 5.74) is 5.36. The number of hydrogen-bond acceptors (Lipinski definition) is 3. The van der Waals surface area contributed by atoms with E-state index in [1.807, 2.05) is 60.7 Å². The summed E-state index contributed by atoms with van der Waals surface area (Å²) in [5.74, 6) is 0.173. The topological polar surface area (TPSA) is 41.1 Å². The Morgan fingerprint density at radius 3 is 2.32 bits per heavy atom. The second kappa shape index (κ2) is 8.23. The van der Waals surface area contributed by atoms with Crippen molar-refractivity contribution in [1.29, 1.82) is 0 Å². The molecule has 0 aromatic heterocycles. The third-order valence-electron chi connectivity index (χ3n) is 5.94. The Morgan fingerprint density at radius 1 is 0.806 bits per heavy atom. The summed E-state index contributed by atoms with van der Waals surface area (Å²) in [7, 11) is 0. The molecule has 0 saturated carbocycles. The molecule has 0 radical (unpaired) electrons. The molecule has 3 aromatic carbocycles. The molecule has 0 unspecified atom stereocenters. The van der Waals surface area contributed by atoms with Crippen molar-refractivity contribution in [2.75, 3.05) is 10.6 Å². The highest BCUT2D eigenvalue weighted by Gasteiger charge is 2.36. The van der Waals surface area contributed by atoms with E-state index in [0.29, 0.717) is 33.5 Å². The second-order valence-electron chi connectivity index (χ2n) is 7.86. The maximum atomic E-state index is 13.5. The smallest absolute Gasteiger partial charge is 0.163 e. The van der Waals surface area contributed by atoms with E-state index in [2.05, 4.69) is 10.6 Å². The molecule has 0 saturated heterocycles. The molecule has 2 atom stereocenters. The molecular weight excluding hydrogens is 451 g/mol. The first-order valence-electron chi connectivity index (χ1n) is 10.1. The lowest BCUT2D eigenvalue weighted by Gasteiger charge is -2.30. The summed E-state index contributed by atoms with van der Waals surface area (Å²) in [6, 6.07) is 20.8. The third-order valence-corrected chi connectivity index (χ3v) is 7.03. The van der Waals surface area contributed by atoms with Gasteiger partial charge in [-0.25, -0.2) is 0 Å². The zero-order valence-electron chi connectivity index (χ0n) is 16.5. The van der Waals surface area contributed by atoms with Crippen molar-refractivity contribution in [3.8, 4) is 0 Å². The zero-order valence-corrected chi connectivity index (χ0v) is 18.7. The van der Waals surface area contributed by atoms with Crippen molar-refractivity contribution in [2.24, 2.45) is 0 Å². The molecule has 2 N–H and O–H groups in total. The van der Waals surface area contributed by atoms with Gasteiger partial charge in [-0.1, -0.05) is 71.2 Å². The first-order chi connectivity index (χ1) is 15.0. The Kier molecular flexibility index (Phi) is 5.43. The van der Waals surface area contributed by atoms with Gasteiger partial charge in [-0.15, -0.1) is 0 Å². The summed E-state index contributed by atoms with van der Waals surface area (Å²) in [6.07, 6.45) is 1.14. The minimum atomic E-state index is -0.393. The van der Waals surface area contributed by atoms with Gasteiger partial charge in [0.1, 0.15) is 0 Å². The number of benzene rings is 3. The Hall–Kier alpha value is -2.46. The first-order valence-corrected chi connectivity index (χ1v) is 11.2. The summed E-state index contributed by atoms with van der Waals surface area (Å²) >= 11 is 19.0. The van der Waals surface area contributed by atoms with Crippen LogP contribution in [0, 0.1) is 0 Å². The van der Waals surface area contributed by atoms with Crippen LogP contribution >= 0.6 is 34.8 Å². The van der Waals surface area contributed by atoms with Crippen LogP contribution in [0.4, 0.5) is 11.4 Å². The monoisotopic (exact) mass is 468 g/mol. The summed E-state index contributed by atoms with van der Waals surface area (Å²) in [5, 5.41) is 8.68. The van der Waals surface area contributed by atoms with Crippen molar-refractivity contribution in [1.82, 2.24) is 0 Å². The molecule has 5 rings (SSSR count). The van der Waals surface area contributed by atoms with E-state index >= 15 is 0 Å². The van der Waals surface area contributed by atoms with Crippen molar-refractivity contribution in [3.63, 3.8) is 0 Å². The maximum Gasteiger partial charge on any atom is 0.163 e. The first kappa shape index (κ1) is 20.4. The van der Waals surface area contributed by atoms with Gasteiger partial charge in [-0.3, -0.25) is 4.79 Å². The fourth-order valence-electron chi connectivity index (χ4n) is 4.44. The molecule has 156 valence electrons. The van der Waals surface area contributed by atoms with Crippen LogP contribution in [0.5, 0.6) is 0 Å². The average molecular weight is 470 g/mol. The van der Waals surface area contributed by atoms with E-state index in [9.17, 15) is 4.79 Å². The van der Waals surface area contributed by atoms with E-state index in [1.54, 1.807) is 6.07 Å². The molecule has 0 bridgehead atoms. The number of hydrogen-bond donors (Lipinski definition) is 2. The lowest BCUT2D eigenvalue weighted by molar-refractivity contribution is -0.116. The predicted molar refractivity (Wildman–Crippen MR) is 128 cm³/mol. The van der Waals surface area contributed by atoms with Crippen LogP contribution in [-0.2, 0) is 4.79 Å². The molecule has 0 fully saturated rings. The molecule has 1 aliphatic heterocycles. The Morgan fingerprint density at radius 2 is 1.55 bits per heavy atom. The largest absolute Gasteiger partial charge is 0.372 e. The lowest BCUT2D eigenvalue weighted by Crippen LogP contribution is -2.27. The van der Waals surface area contributed by atoms with Gasteiger partial charge in [0.15, 0.2) is 5.78 Å². The molecule has 6 heteroatoms. The minimum absolute atomic E-state index is 0.0803. The molecule has 3 nitrogen and oxygen atoms in total. The van der Waals surface area contributed by atoms with Crippen LogP contribution in [0.2, 0.25) is 15.1 Å². The van der Waals surface area contributed by atoms with Gasteiger partial charge in [0.2, 0.25) is 0 Å². The number of fused-ring (bicyclic) bond motifs is 1. The van der Waals surface area contributed by atoms with Crippen LogP contribution in [0.15, 0.2) is 78.0 Å². The maximum absolute atomic E-state index is 13.5. The normalized spacial score (nSPS) is 20.3. The predicted octanol–water partition coefficient (Wildman–Crippen LogP) is 7.63. The van der Waals surface area contributed by atoms with E-state index in [-0.39, 0.29) is 11.7 Å². The number of nitrogens with one attached hydrogen (secondary N) is 2. The minimum Gasteiger partial charge on any atom is -0.372 e. The number of anilines is 2. The molecule has 2 aliphatic rings. The van der Waals surface area contributed by atoms with Crippen molar-refractivity contribution in [3.05, 3.63) is 104 Å². The molecule has 0 amide bonds. The summed E-state index contributed by atoms with van der Waals surface area (Å²) in [6.45, 7) is 0. The van der Waals surface area contributed by atoms with Gasteiger partial charge in [0, 0.05) is 22.7 Å². The number of Topliss-reactive ketones (excluding diaryl/α,β-unsaturated/α-hetero) is 1. The molecule has 3 aromatic rings. The highest BCUT2D eigenvalue weighted by Crippen LogP contribution is 2.46. The number of ketones is 1. The van der Waals surface area contributed by atoms with Crippen molar-refractivity contribution in [2.45, 2.75) is 24.8 Å². The van der Waals surface area contributed by atoms with Crippen LogP contribution in [0.1, 0.15) is 35.9 Å². The number of halogens is 3. The quantitative estimate of drug-likeness (QED) is 0.405. The molecule has 0 spiro atoms. The fourth-order valence-corrected chi connectivity index (χ4v) is 4.98. The SMILES string of the molecule is O=C1C[C@H](c2ccc(Cl)cc2)CC2=C1[C@@H](c1cccc(Cl)c1Cl)Nc1ccccc1N2. The van der Waals surface area contributed by atoms with Gasteiger partial charge in [0.05, 0.1) is 27.5 Å². The standard InChI is InChI=1S/C25H19Cl3N2O/c26-16-10-8-14(9-11-16)15-12-21-23(22(31)13-15)25(17-4-3-5-18(27)24(17)28)30-20-7-2-1-6-19(20)29-21/h1-11,15,25,29-30H,12-13H2/t15-,25-/m1/s1. The highest BCUT2D eigenvalue weighted by molar-refractivity contribution is 6.42. The number of carbonyl (C=O) groups is 1. The number of carbonyl (C=O) groups excluding carboxylic acids is 1. The average Bonchev–Trinajstić information content (AvgIpc) is 2.93. The Bertz CT molecular complexity index is 1200. The molecule has 1 aliphatic carbocycles. The third kappa shape index (κ3) is 3.82. The number of para-hydroxylation sites is 2. The Balaban J connectivity index is 1.63. The molecular formula is C25H19Cl3N2O. The van der Waals surface area contributed by atoms with Gasteiger partial charge < -0.3 is 10.6 Å². The van der Waals surface area contributed by atoms with Gasteiger partial charge in [-0.2, -0.15) is 0 Å². The van der Waals surface area contributed by atoms with Crippen LogP contribution in [-0.4, -0.2) is 5.78 Å². The van der Waals surface area contributed by atoms with Crippen LogP contribution < -0.4 is 10.6 Å². The van der Waals surface area contributed by atoms with Crippen molar-refractivity contribution >= 4 is 52.0 Å². The van der Waals surface area contributed by atoms with Gasteiger partial charge in [0.25, 0.3) is 0 Å². The van der Waals surface area contributed by atoms with E-state index in [0.717, 1.165) is 28.2 Å². The van der Waals surface area contributed by atoms with Gasteiger partial charge in [-0.05, 0) is 53.8 Å². The lowest BCUT2D eigenvalue weighted by atomic mass is 9.78. The van der Waals surface area contributed by atoms with Crippen LogP contribution in [0.25, 0.3) is 0 Å². The van der Waals surface area contributed by atoms with Gasteiger partial charge >= 0.3 is 0 Å². The molecule has 31 heavy (non-hydrogen) atoms. The zero-order chi connectivity index (χ0) is 21.5. The van der Waals surface area contributed by atoms with E-state index in [4.69, 9.17) is 34.8 Å². The van der Waals surface area contributed by atoms with E-state index in [1.165, 1.54) is 0 Å². The summed E-state index contributed by atoms with van der Waals surface area (Å²) in [4.78, 5) is 13.5. The fraction of sp³-hybridized carbons (Fsp3) is 0.160. The highest BCUT2D eigenvalue weighted by atomic mass is 35.5.